The molecule has 0 saturated carbocycles. The van der Waals surface area contributed by atoms with Crippen LogP contribution in [0.2, 0.25) is 0 Å². The van der Waals surface area contributed by atoms with E-state index < -0.39 is 40.9 Å². The summed E-state index contributed by atoms with van der Waals surface area (Å²) in [5, 5.41) is 13.9. The van der Waals surface area contributed by atoms with Gasteiger partial charge in [-0.15, -0.1) is 0 Å². The van der Waals surface area contributed by atoms with Gasteiger partial charge < -0.3 is 29.2 Å². The molecule has 9 nitrogen and oxygen atoms in total. The Labute approximate surface area is 168 Å². The monoisotopic (exact) mass is 410 g/mol. The average Bonchev–Trinajstić information content (AvgIpc) is 2.15. The number of hydrogen-bond donors (Lipinski definition) is 2. The summed E-state index contributed by atoms with van der Waals surface area (Å²) >= 11 is 0. The van der Waals surface area contributed by atoms with Gasteiger partial charge in [0, 0.05) is 0 Å². The van der Waals surface area contributed by atoms with Crippen molar-refractivity contribution in [1.82, 2.24) is 0 Å². The molecular formula is C19H38O9. The summed E-state index contributed by atoms with van der Waals surface area (Å²) in [6.45, 7) is 21.6. The summed E-state index contributed by atoms with van der Waals surface area (Å²) in [5.74, 6) is 0. The Morgan fingerprint density at radius 2 is 0.571 bits per heavy atom. The molecule has 0 heterocycles. The van der Waals surface area contributed by atoms with Gasteiger partial charge in [-0.3, -0.25) is 0 Å². The van der Waals surface area contributed by atoms with Crippen molar-refractivity contribution in [2.75, 3.05) is 0 Å². The third-order valence-electron chi connectivity index (χ3n) is 1.56. The van der Waals surface area contributed by atoms with E-state index in [1.807, 2.05) is 0 Å². The van der Waals surface area contributed by atoms with Crippen molar-refractivity contribution in [3.8, 4) is 0 Å². The Morgan fingerprint density at radius 3 is 0.643 bits per heavy atom. The molecule has 0 unspecified atom stereocenters. The summed E-state index contributed by atoms with van der Waals surface area (Å²) in [7, 11) is 0. The first kappa shape index (κ1) is 30.5. The number of rotatable bonds is 0. The topological polar surface area (TPSA) is 129 Å². The molecule has 0 aliphatic heterocycles. The molecule has 0 saturated heterocycles. The molecule has 0 radical (unpaired) electrons. The van der Waals surface area contributed by atoms with Gasteiger partial charge in [0.2, 0.25) is 0 Å². The predicted octanol–water partition coefficient (Wildman–Crippen LogP) is 5.70. The minimum atomic E-state index is -1.83. The Kier molecular flexibility index (Phi) is 12.7. The van der Waals surface area contributed by atoms with Crippen molar-refractivity contribution in [3.63, 3.8) is 0 Å². The van der Waals surface area contributed by atoms with E-state index in [2.05, 4.69) is 0 Å². The summed E-state index contributed by atoms with van der Waals surface area (Å²) < 4.78 is 19.8. The highest BCUT2D eigenvalue weighted by Gasteiger charge is 2.23. The lowest BCUT2D eigenvalue weighted by Gasteiger charge is -2.24. The molecule has 0 rings (SSSR count). The van der Waals surface area contributed by atoms with Gasteiger partial charge in [-0.1, -0.05) is 0 Å². The van der Waals surface area contributed by atoms with Crippen molar-refractivity contribution < 1.29 is 43.5 Å². The molecule has 28 heavy (non-hydrogen) atoms. The Hall–Kier alpha value is -2.19. The Balaban J connectivity index is -0.000000375. The van der Waals surface area contributed by atoms with Crippen LogP contribution in [0.15, 0.2) is 0 Å². The van der Waals surface area contributed by atoms with E-state index in [-0.39, 0.29) is 0 Å². The van der Waals surface area contributed by atoms with E-state index in [4.69, 9.17) is 34.0 Å². The highest BCUT2D eigenvalue weighted by Crippen LogP contribution is 2.14. The first-order valence-electron chi connectivity index (χ1n) is 8.69. The van der Waals surface area contributed by atoms with Crippen molar-refractivity contribution in [3.05, 3.63) is 0 Å². The fraction of sp³-hybridized carbons (Fsp3) is 0.842. The molecule has 168 valence electrons. The van der Waals surface area contributed by atoms with Crippen LogP contribution >= 0.6 is 0 Å². The molecule has 0 spiro atoms. The Morgan fingerprint density at radius 1 is 0.464 bits per heavy atom. The van der Waals surface area contributed by atoms with E-state index in [1.165, 1.54) is 0 Å². The van der Waals surface area contributed by atoms with Crippen LogP contribution in [-0.2, 0) is 18.9 Å². The molecule has 0 aromatic rings. The van der Waals surface area contributed by atoms with Crippen molar-refractivity contribution in [2.45, 2.75) is 105 Å². The lowest BCUT2D eigenvalue weighted by molar-refractivity contribution is -0.0483. The largest absolute Gasteiger partial charge is 0.509 e. The lowest BCUT2D eigenvalue weighted by atomic mass is 10.2. The SMILES string of the molecule is CC(C)(C)OC(=O)OC(C)(C)C.CC(C)(C)OC(=O)OC(C)(C)C.O=C(O)O. The minimum Gasteiger partial charge on any atom is -0.450 e. The number of carbonyl (C=O) groups excluding carboxylic acids is 2. The van der Waals surface area contributed by atoms with Gasteiger partial charge in [-0.05, 0) is 83.1 Å². The summed E-state index contributed by atoms with van der Waals surface area (Å²) in [4.78, 5) is 30.6. The Bertz CT molecular complexity index is 403. The van der Waals surface area contributed by atoms with Crippen LogP contribution < -0.4 is 0 Å². The van der Waals surface area contributed by atoms with E-state index in [0.717, 1.165) is 0 Å². The normalized spacial score (nSPS) is 11.6. The summed E-state index contributed by atoms with van der Waals surface area (Å²) in [6.07, 6.45) is -3.06. The van der Waals surface area contributed by atoms with Gasteiger partial charge in [0.15, 0.2) is 0 Å². The van der Waals surface area contributed by atoms with Crippen LogP contribution in [0.5, 0.6) is 0 Å². The maximum Gasteiger partial charge on any atom is 0.509 e. The first-order chi connectivity index (χ1) is 11.9. The number of carbonyl (C=O) groups is 3. The molecule has 0 atom stereocenters. The third-order valence-corrected chi connectivity index (χ3v) is 1.56. The standard InChI is InChI=1S/2C9H18O3.CH2O3/c2*1-8(2,3)11-7(10)12-9(4,5)6;2-1(3)4/h2*1-6H3;(H2,2,3,4). The molecule has 0 fully saturated rings. The molecule has 2 N–H and O–H groups in total. The molecular weight excluding hydrogens is 372 g/mol. The van der Waals surface area contributed by atoms with Gasteiger partial charge in [-0.2, -0.15) is 0 Å². The van der Waals surface area contributed by atoms with E-state index >= 15 is 0 Å². The van der Waals surface area contributed by atoms with E-state index in [0.29, 0.717) is 0 Å². The van der Waals surface area contributed by atoms with Crippen molar-refractivity contribution in [2.24, 2.45) is 0 Å². The van der Waals surface area contributed by atoms with Crippen LogP contribution in [0.25, 0.3) is 0 Å². The van der Waals surface area contributed by atoms with Crippen LogP contribution in [0.1, 0.15) is 83.1 Å². The summed E-state index contributed by atoms with van der Waals surface area (Å²) in [5.41, 5.74) is -1.94. The van der Waals surface area contributed by atoms with Crippen molar-refractivity contribution in [1.29, 1.82) is 0 Å². The van der Waals surface area contributed by atoms with Crippen LogP contribution in [-0.4, -0.2) is 51.1 Å². The maximum absolute atomic E-state index is 11.0. The second-order valence-corrected chi connectivity index (χ2v) is 9.64. The molecule has 0 bridgehead atoms. The van der Waals surface area contributed by atoms with Gasteiger partial charge in [0.05, 0.1) is 0 Å². The zero-order valence-corrected chi connectivity index (χ0v) is 19.3. The van der Waals surface area contributed by atoms with Gasteiger partial charge in [-0.25, -0.2) is 14.4 Å². The lowest BCUT2D eigenvalue weighted by Crippen LogP contribution is -2.30. The number of carboxylic acid groups (broad SMARTS) is 2. The molecule has 0 aromatic carbocycles. The van der Waals surface area contributed by atoms with E-state index in [9.17, 15) is 9.59 Å². The number of hydrogen-bond acceptors (Lipinski definition) is 7. The summed E-state index contributed by atoms with van der Waals surface area (Å²) in [6, 6.07) is 0. The molecule has 0 aliphatic carbocycles. The second kappa shape index (κ2) is 11.6. The maximum atomic E-state index is 11.0. The number of ether oxygens (including phenoxy) is 4. The van der Waals surface area contributed by atoms with Crippen molar-refractivity contribution >= 4 is 18.5 Å². The smallest absolute Gasteiger partial charge is 0.450 e. The zero-order chi connectivity index (χ0) is 23.6. The van der Waals surface area contributed by atoms with Gasteiger partial charge in [0.1, 0.15) is 22.4 Å². The van der Waals surface area contributed by atoms with Gasteiger partial charge >= 0.3 is 18.5 Å². The minimum absolute atomic E-state index is 0.484. The molecule has 9 heteroatoms. The van der Waals surface area contributed by atoms with E-state index in [1.54, 1.807) is 83.1 Å². The van der Waals surface area contributed by atoms with Crippen LogP contribution in [0.3, 0.4) is 0 Å². The molecule has 0 aliphatic rings. The highest BCUT2D eigenvalue weighted by atomic mass is 16.7. The average molecular weight is 411 g/mol. The van der Waals surface area contributed by atoms with Gasteiger partial charge in [0.25, 0.3) is 0 Å². The first-order valence-corrected chi connectivity index (χ1v) is 8.69. The molecule has 0 aromatic heterocycles. The highest BCUT2D eigenvalue weighted by molar-refractivity contribution is 5.61. The zero-order valence-electron chi connectivity index (χ0n) is 19.3. The van der Waals surface area contributed by atoms with Crippen LogP contribution in [0.4, 0.5) is 14.4 Å². The second-order valence-electron chi connectivity index (χ2n) is 9.64. The quantitative estimate of drug-likeness (QED) is 0.483. The molecule has 0 amide bonds. The predicted molar refractivity (Wildman–Crippen MR) is 105 cm³/mol. The fourth-order valence-electron chi connectivity index (χ4n) is 1.04. The fourth-order valence-corrected chi connectivity index (χ4v) is 1.04. The van der Waals surface area contributed by atoms with Crippen LogP contribution in [0, 0.1) is 0 Å². The third kappa shape index (κ3) is 39.1.